The fourth-order valence-corrected chi connectivity index (χ4v) is 2.85. The molecule has 2 aromatic rings. The van der Waals surface area contributed by atoms with Crippen molar-refractivity contribution in [2.75, 3.05) is 31.4 Å². The van der Waals surface area contributed by atoms with Gasteiger partial charge in [-0.1, -0.05) is 0 Å². The molecule has 0 spiro atoms. The number of hydrogen-bond acceptors (Lipinski definition) is 6. The number of nitrogens with zero attached hydrogens (tertiary/aromatic N) is 1. The van der Waals surface area contributed by atoms with Crippen LogP contribution in [0, 0.1) is 11.3 Å². The third kappa shape index (κ3) is 4.17. The van der Waals surface area contributed by atoms with Gasteiger partial charge in [0.25, 0.3) is 5.91 Å². The number of carbonyl (C=O) groups is 1. The van der Waals surface area contributed by atoms with E-state index in [9.17, 15) is 4.79 Å². The van der Waals surface area contributed by atoms with Gasteiger partial charge in [0.05, 0.1) is 17.3 Å². The fourth-order valence-electron chi connectivity index (χ4n) is 2.30. The molecule has 0 aromatic heterocycles. The van der Waals surface area contributed by atoms with Gasteiger partial charge in [-0.3, -0.25) is 4.79 Å². The predicted octanol–water partition coefficient (Wildman–Crippen LogP) is 3.07. The molecule has 0 atom stereocenters. The summed E-state index contributed by atoms with van der Waals surface area (Å²) in [5, 5.41) is 11.6. The van der Waals surface area contributed by atoms with E-state index in [1.54, 1.807) is 30.3 Å². The zero-order valence-electron chi connectivity index (χ0n) is 13.6. The summed E-state index contributed by atoms with van der Waals surface area (Å²) in [4.78, 5) is 13.1. The second kappa shape index (κ2) is 7.81. The number of amides is 1. The van der Waals surface area contributed by atoms with Crippen molar-refractivity contribution in [3.8, 4) is 23.3 Å². The molecule has 25 heavy (non-hydrogen) atoms. The smallest absolute Gasteiger partial charge is 0.262 e. The van der Waals surface area contributed by atoms with Crippen LogP contribution in [0.5, 0.6) is 17.2 Å². The van der Waals surface area contributed by atoms with Crippen LogP contribution in [0.25, 0.3) is 0 Å². The van der Waals surface area contributed by atoms with E-state index in [4.69, 9.17) is 19.5 Å². The van der Waals surface area contributed by atoms with Gasteiger partial charge in [-0.15, -0.1) is 11.8 Å². The molecule has 0 radical (unpaired) electrons. The van der Waals surface area contributed by atoms with E-state index in [1.807, 2.05) is 18.4 Å². The Labute approximate surface area is 149 Å². The maximum Gasteiger partial charge on any atom is 0.262 e. The molecule has 0 unspecified atom stereocenters. The van der Waals surface area contributed by atoms with Gasteiger partial charge in [-0.2, -0.15) is 5.26 Å². The van der Waals surface area contributed by atoms with E-state index in [2.05, 4.69) is 5.32 Å². The number of benzene rings is 2. The molecule has 0 aliphatic carbocycles. The van der Waals surface area contributed by atoms with E-state index in [0.29, 0.717) is 41.7 Å². The van der Waals surface area contributed by atoms with Crippen molar-refractivity contribution in [2.24, 2.45) is 0 Å². The van der Waals surface area contributed by atoms with Gasteiger partial charge in [0.1, 0.15) is 19.0 Å². The molecule has 7 heteroatoms. The summed E-state index contributed by atoms with van der Waals surface area (Å²) in [6.45, 7) is 0.875. The molecular weight excluding hydrogens is 340 g/mol. The average Bonchev–Trinajstić information content (AvgIpc) is 2.66. The summed E-state index contributed by atoms with van der Waals surface area (Å²) in [5.74, 6) is 1.55. The zero-order valence-corrected chi connectivity index (χ0v) is 14.4. The number of rotatable bonds is 5. The number of thioether (sulfide) groups is 1. The monoisotopic (exact) mass is 356 g/mol. The predicted molar refractivity (Wildman–Crippen MR) is 94.5 cm³/mol. The summed E-state index contributed by atoms with van der Waals surface area (Å²) in [6, 6.07) is 12.2. The molecule has 0 saturated carbocycles. The van der Waals surface area contributed by atoms with Crippen molar-refractivity contribution < 1.29 is 19.0 Å². The van der Waals surface area contributed by atoms with Crippen LogP contribution in [0.4, 0.5) is 5.69 Å². The largest absolute Gasteiger partial charge is 0.486 e. The van der Waals surface area contributed by atoms with Crippen molar-refractivity contribution in [3.05, 3.63) is 42.0 Å². The number of fused-ring (bicyclic) bond motifs is 1. The summed E-state index contributed by atoms with van der Waals surface area (Å²) in [5.41, 5.74) is 1.20. The van der Waals surface area contributed by atoms with Crippen LogP contribution in [0.15, 0.2) is 41.3 Å². The first kappa shape index (κ1) is 17.0. The molecule has 3 rings (SSSR count). The highest BCUT2D eigenvalue weighted by Crippen LogP contribution is 2.39. The number of ether oxygens (including phenoxy) is 3. The minimum Gasteiger partial charge on any atom is -0.486 e. The minimum atomic E-state index is -0.281. The number of anilines is 1. The summed E-state index contributed by atoms with van der Waals surface area (Å²) in [7, 11) is 0. The molecule has 1 aliphatic rings. The summed E-state index contributed by atoms with van der Waals surface area (Å²) >= 11 is 1.51. The lowest BCUT2D eigenvalue weighted by molar-refractivity contribution is -0.118. The molecule has 0 fully saturated rings. The van der Waals surface area contributed by atoms with Crippen LogP contribution in [-0.2, 0) is 4.79 Å². The molecule has 1 aliphatic heterocycles. The Hall–Kier alpha value is -2.85. The molecule has 1 heterocycles. The Kier molecular flexibility index (Phi) is 5.31. The van der Waals surface area contributed by atoms with Crippen LogP contribution in [0.2, 0.25) is 0 Å². The van der Waals surface area contributed by atoms with Gasteiger partial charge in [0.2, 0.25) is 0 Å². The Morgan fingerprint density at radius 2 is 1.92 bits per heavy atom. The quantitative estimate of drug-likeness (QED) is 0.830. The molecule has 6 nitrogen and oxygen atoms in total. The maximum atomic E-state index is 12.2. The zero-order chi connectivity index (χ0) is 17.6. The molecule has 1 N–H and O–H groups in total. The lowest BCUT2D eigenvalue weighted by Crippen LogP contribution is -2.21. The first-order chi connectivity index (χ1) is 12.2. The second-order valence-corrected chi connectivity index (χ2v) is 6.02. The first-order valence-corrected chi connectivity index (χ1v) is 8.82. The molecule has 128 valence electrons. The van der Waals surface area contributed by atoms with Crippen molar-refractivity contribution in [3.63, 3.8) is 0 Å². The van der Waals surface area contributed by atoms with Crippen LogP contribution in [0.1, 0.15) is 5.56 Å². The Balaban J connectivity index is 1.64. The van der Waals surface area contributed by atoms with Gasteiger partial charge in [-0.05, 0) is 36.6 Å². The molecular formula is C18H16N2O4S. The Morgan fingerprint density at radius 3 is 2.56 bits per heavy atom. The van der Waals surface area contributed by atoms with E-state index < -0.39 is 0 Å². The highest BCUT2D eigenvalue weighted by Gasteiger charge is 2.17. The number of nitrogens with one attached hydrogen (secondary N) is 1. The fraction of sp³-hybridized carbons (Fsp3) is 0.222. The number of hydrogen-bond donors (Lipinski definition) is 1. The first-order valence-electron chi connectivity index (χ1n) is 7.60. The Morgan fingerprint density at radius 1 is 1.24 bits per heavy atom. The molecule has 0 bridgehead atoms. The van der Waals surface area contributed by atoms with Crippen molar-refractivity contribution >= 4 is 23.4 Å². The van der Waals surface area contributed by atoms with E-state index in [1.165, 1.54) is 11.8 Å². The molecule has 0 saturated heterocycles. The minimum absolute atomic E-state index is 0.131. The van der Waals surface area contributed by atoms with Crippen LogP contribution < -0.4 is 19.5 Å². The molecule has 1 amide bonds. The van der Waals surface area contributed by atoms with Crippen molar-refractivity contribution in [1.29, 1.82) is 5.26 Å². The SMILES string of the molecule is CSc1cc2c(cc1NC(=O)COc1ccc(C#N)cc1)OCCO2. The van der Waals surface area contributed by atoms with Crippen LogP contribution in [-0.4, -0.2) is 32.0 Å². The van der Waals surface area contributed by atoms with Gasteiger partial charge >= 0.3 is 0 Å². The highest BCUT2D eigenvalue weighted by molar-refractivity contribution is 7.98. The summed E-state index contributed by atoms with van der Waals surface area (Å²) < 4.78 is 16.5. The summed E-state index contributed by atoms with van der Waals surface area (Å²) in [6.07, 6.45) is 1.92. The molecule has 2 aromatic carbocycles. The standard InChI is InChI=1S/C18H16N2O4S/c1-25-17-9-16-15(22-6-7-23-16)8-14(17)20-18(21)11-24-13-4-2-12(10-19)3-5-13/h2-5,8-9H,6-7,11H2,1H3,(H,20,21). The lowest BCUT2D eigenvalue weighted by Gasteiger charge is -2.21. The maximum absolute atomic E-state index is 12.2. The van der Waals surface area contributed by atoms with Crippen LogP contribution >= 0.6 is 11.8 Å². The van der Waals surface area contributed by atoms with Gasteiger partial charge in [-0.25, -0.2) is 0 Å². The Bertz CT molecular complexity index is 815. The van der Waals surface area contributed by atoms with Gasteiger partial charge in [0, 0.05) is 11.0 Å². The second-order valence-electron chi connectivity index (χ2n) is 5.17. The van der Waals surface area contributed by atoms with Gasteiger partial charge in [0.15, 0.2) is 18.1 Å². The number of nitriles is 1. The average molecular weight is 356 g/mol. The lowest BCUT2D eigenvalue weighted by atomic mass is 10.2. The number of carbonyl (C=O) groups excluding carboxylic acids is 1. The van der Waals surface area contributed by atoms with Crippen molar-refractivity contribution in [1.82, 2.24) is 0 Å². The third-order valence-corrected chi connectivity index (χ3v) is 4.27. The van der Waals surface area contributed by atoms with Crippen LogP contribution in [0.3, 0.4) is 0 Å². The van der Waals surface area contributed by atoms with E-state index >= 15 is 0 Å². The highest BCUT2D eigenvalue weighted by atomic mass is 32.2. The van der Waals surface area contributed by atoms with Crippen molar-refractivity contribution in [2.45, 2.75) is 4.90 Å². The topological polar surface area (TPSA) is 80.6 Å². The van der Waals surface area contributed by atoms with E-state index in [0.717, 1.165) is 4.90 Å². The third-order valence-electron chi connectivity index (χ3n) is 3.49. The van der Waals surface area contributed by atoms with E-state index in [-0.39, 0.29) is 12.5 Å². The normalized spacial score (nSPS) is 12.2. The van der Waals surface area contributed by atoms with Gasteiger partial charge < -0.3 is 19.5 Å².